The van der Waals surface area contributed by atoms with Crippen LogP contribution in [0.5, 0.6) is 0 Å². The number of aliphatic hydroxyl groups is 4. The lowest BCUT2D eigenvalue weighted by Gasteiger charge is -2.66. The Hall–Kier alpha value is -5.97. The van der Waals surface area contributed by atoms with Gasteiger partial charge in [-0.1, -0.05) is 150 Å². The van der Waals surface area contributed by atoms with Crippen LogP contribution in [-0.4, -0.2) is 111 Å². The van der Waals surface area contributed by atoms with Crippen LogP contribution in [0.1, 0.15) is 157 Å². The number of rotatable bonds is 24. The van der Waals surface area contributed by atoms with Gasteiger partial charge in [0, 0.05) is 36.3 Å². The zero-order valence-electron chi connectivity index (χ0n) is 45.4. The number of unbranched alkanes of at least 4 members (excludes halogenated alkanes) is 9. The maximum absolute atomic E-state index is 15.2. The zero-order chi connectivity index (χ0) is 55.4. The molecule has 15 heteroatoms. The quantitative estimate of drug-likeness (QED) is 0.0213. The number of alkyl carbamates (subject to hydrolysis) is 1. The first-order valence-electron chi connectivity index (χ1n) is 27.7. The van der Waals surface area contributed by atoms with Crippen molar-refractivity contribution in [2.75, 3.05) is 13.2 Å². The molecule has 3 aliphatic carbocycles. The number of fused-ring (bicyclic) bond motifs is 5. The number of aliphatic hydroxyl groups excluding tert-OH is 2. The normalized spacial score (nSPS) is 28.2. The number of carbonyl (C=O) groups is 5. The van der Waals surface area contributed by atoms with Crippen LogP contribution in [-0.2, 0) is 28.5 Å². The lowest BCUT2D eigenvalue weighted by atomic mass is 9.44. The summed E-state index contributed by atoms with van der Waals surface area (Å²) >= 11 is 0. The average Bonchev–Trinajstić information content (AvgIpc) is 3.55. The topological polar surface area (TPSA) is 227 Å². The Balaban J connectivity index is 1.14. The summed E-state index contributed by atoms with van der Waals surface area (Å²) in [6.07, 6.45) is 10.1. The molecule has 1 aliphatic heterocycles. The van der Waals surface area contributed by atoms with Crippen LogP contribution in [0.25, 0.3) is 0 Å². The molecule has 2 bridgehead atoms. The molecule has 3 aromatic carbocycles. The highest BCUT2D eigenvalue weighted by molar-refractivity contribution is 5.95. The van der Waals surface area contributed by atoms with E-state index in [1.807, 2.05) is 0 Å². The number of nitrogens with one attached hydrogen (secondary N) is 2. The highest BCUT2D eigenvalue weighted by Gasteiger charge is 2.76. The maximum atomic E-state index is 15.2. The largest absolute Gasteiger partial charge is 0.455 e. The van der Waals surface area contributed by atoms with E-state index in [2.05, 4.69) is 41.9 Å². The smallest absolute Gasteiger partial charge is 0.408 e. The van der Waals surface area contributed by atoms with Crippen molar-refractivity contribution in [3.63, 3.8) is 0 Å². The van der Waals surface area contributed by atoms with Crippen molar-refractivity contribution < 1.29 is 63.3 Å². The first kappa shape index (κ1) is 58.7. The van der Waals surface area contributed by atoms with Gasteiger partial charge in [-0.2, -0.15) is 0 Å². The Labute approximate surface area is 453 Å². The Morgan fingerprint density at radius 1 is 0.766 bits per heavy atom. The van der Waals surface area contributed by atoms with E-state index < -0.39 is 107 Å². The molecule has 2 amide bonds. The molecular weight excluding hydrogens is 981 g/mol. The Kier molecular flexibility index (Phi) is 19.9. The molecule has 11 atom stereocenters. The number of hydrogen-bond acceptors (Lipinski definition) is 13. The Morgan fingerprint density at radius 3 is 1.96 bits per heavy atom. The maximum Gasteiger partial charge on any atom is 0.408 e. The number of carbonyl (C=O) groups excluding carboxylic acids is 5. The fourth-order valence-electron chi connectivity index (χ4n) is 12.1. The van der Waals surface area contributed by atoms with E-state index in [4.69, 9.17) is 18.9 Å². The first-order valence-corrected chi connectivity index (χ1v) is 27.7. The van der Waals surface area contributed by atoms with Crippen molar-refractivity contribution in [2.24, 2.45) is 16.7 Å². The number of ketones is 1. The molecule has 3 fully saturated rings. The summed E-state index contributed by atoms with van der Waals surface area (Å²) in [4.78, 5) is 72.4. The Bertz CT molecular complexity index is 2590. The molecule has 416 valence electrons. The molecule has 15 nitrogen and oxygen atoms in total. The number of hydrogen-bond donors (Lipinski definition) is 6. The van der Waals surface area contributed by atoms with Gasteiger partial charge in [0.05, 0.1) is 29.8 Å². The highest BCUT2D eigenvalue weighted by atomic mass is 16.6. The summed E-state index contributed by atoms with van der Waals surface area (Å²) in [5.74, 6) is -5.12. The zero-order valence-corrected chi connectivity index (χ0v) is 45.4. The van der Waals surface area contributed by atoms with E-state index in [1.165, 1.54) is 38.3 Å². The predicted octanol–water partition coefficient (Wildman–Crippen LogP) is 9.14. The van der Waals surface area contributed by atoms with Gasteiger partial charge in [-0.25, -0.2) is 14.4 Å². The summed E-state index contributed by atoms with van der Waals surface area (Å²) in [7, 11) is 0. The number of allylic oxidation sites excluding steroid dienone is 4. The van der Waals surface area contributed by atoms with Gasteiger partial charge in [0.1, 0.15) is 35.6 Å². The first-order chi connectivity index (χ1) is 36.9. The van der Waals surface area contributed by atoms with Gasteiger partial charge in [-0.05, 0) is 93.3 Å². The molecule has 0 spiro atoms. The molecule has 7 rings (SSSR count). The number of amides is 2. The van der Waals surface area contributed by atoms with Gasteiger partial charge in [0.15, 0.2) is 5.78 Å². The van der Waals surface area contributed by atoms with Crippen molar-refractivity contribution >= 4 is 29.7 Å². The molecule has 1 saturated heterocycles. The van der Waals surface area contributed by atoms with E-state index in [-0.39, 0.29) is 41.8 Å². The molecule has 0 aromatic heterocycles. The summed E-state index contributed by atoms with van der Waals surface area (Å²) in [5.41, 5.74) is -7.11. The van der Waals surface area contributed by atoms with Crippen LogP contribution in [0.4, 0.5) is 4.79 Å². The molecular formula is C62H80N2O13. The molecule has 0 unspecified atom stereocenters. The fourth-order valence-corrected chi connectivity index (χ4v) is 12.1. The number of Topliss-reactive ketones (excluding diaryl/α,β-unsaturated/α-hetero) is 1. The second kappa shape index (κ2) is 26.1. The number of benzene rings is 3. The van der Waals surface area contributed by atoms with Gasteiger partial charge >= 0.3 is 18.0 Å². The van der Waals surface area contributed by atoms with E-state index in [1.54, 1.807) is 99.6 Å². The van der Waals surface area contributed by atoms with Gasteiger partial charge in [-0.3, -0.25) is 9.59 Å². The molecule has 1 heterocycles. The third-order valence-electron chi connectivity index (χ3n) is 16.8. The third-order valence-corrected chi connectivity index (χ3v) is 16.8. The van der Waals surface area contributed by atoms with E-state index in [0.29, 0.717) is 12.0 Å². The molecule has 6 N–H and O–H groups in total. The lowest BCUT2D eigenvalue weighted by molar-refractivity contribution is -0.343. The summed E-state index contributed by atoms with van der Waals surface area (Å²) in [5, 5.41) is 56.1. The van der Waals surface area contributed by atoms with Gasteiger partial charge in [0.2, 0.25) is 6.10 Å². The standard InChI is InChI=1S/C62H80N2O13/c1-6-7-8-9-10-11-12-13-14-15-16-17-18-19-20-30-37-63-58(71)76-51(49(42-31-24-21-25-32-42)64-55(68)43-33-26-22-27-34-43)57(70)75-45-39-62(73)54(77-56(69)44-35-28-23-29-36-44)52-60(5,46(65)38-47-61(52,72)40-74-47)53(67)50(66)48(41(45)2)59(62,3)4/h10-11,13-14,21-29,31-36,45-47,49-52,54,65-66,72-73H,6-9,12,15-20,30,37-40H2,1-5H3,(H,63,71)(H,64,68)/b11-10-,14-13-/t45-,46-,47+,49-,50+,51+,52-,54-,60+,61-,62+/m0/s1. The van der Waals surface area contributed by atoms with Crippen LogP contribution >= 0.6 is 0 Å². The Morgan fingerprint density at radius 2 is 1.35 bits per heavy atom. The number of esters is 2. The van der Waals surface area contributed by atoms with Crippen molar-refractivity contribution in [2.45, 2.75) is 178 Å². The average molecular weight is 1060 g/mol. The minimum absolute atomic E-state index is 0.0545. The van der Waals surface area contributed by atoms with Crippen molar-refractivity contribution in [1.82, 2.24) is 10.6 Å². The second-order valence-corrected chi connectivity index (χ2v) is 22.1. The molecule has 4 aliphatic rings. The van der Waals surface area contributed by atoms with E-state index in [9.17, 15) is 34.8 Å². The lowest BCUT2D eigenvalue weighted by Crippen LogP contribution is -2.81. The minimum atomic E-state index is -2.37. The molecule has 2 saturated carbocycles. The minimum Gasteiger partial charge on any atom is -0.455 e. The van der Waals surface area contributed by atoms with Crippen LogP contribution in [0.2, 0.25) is 0 Å². The predicted molar refractivity (Wildman–Crippen MR) is 290 cm³/mol. The monoisotopic (exact) mass is 1060 g/mol. The number of ether oxygens (including phenoxy) is 4. The van der Waals surface area contributed by atoms with E-state index >= 15 is 9.59 Å². The summed E-state index contributed by atoms with van der Waals surface area (Å²) in [6.45, 7) is 8.19. The van der Waals surface area contributed by atoms with Crippen LogP contribution in [0.3, 0.4) is 0 Å². The molecule has 0 radical (unpaired) electrons. The van der Waals surface area contributed by atoms with Crippen LogP contribution in [0.15, 0.2) is 126 Å². The third kappa shape index (κ3) is 12.8. The van der Waals surface area contributed by atoms with Gasteiger partial charge in [0.25, 0.3) is 5.91 Å². The van der Waals surface area contributed by atoms with Crippen LogP contribution < -0.4 is 10.6 Å². The SMILES string of the molecule is CCCCC/C=C\C/C=C\CCCCCCCCNC(=O)O[C@@H](C(=O)O[C@H]1C[C@@]2(O)[C@@H](OC(=O)c3ccccc3)[C@@H]3[C@]4(O)CO[C@@H]4C[C@H](O)[C@@]3(C)C(=O)[C@H](O)C(=C1C)C2(C)C)[C@@H](NC(=O)c1ccccc1)c1ccccc1. The summed E-state index contributed by atoms with van der Waals surface area (Å²) in [6, 6.07) is 23.3. The molecule has 77 heavy (non-hydrogen) atoms. The van der Waals surface area contributed by atoms with Crippen molar-refractivity contribution in [3.05, 3.63) is 143 Å². The summed E-state index contributed by atoms with van der Waals surface area (Å²) < 4.78 is 24.5. The molecule has 3 aromatic rings. The fraction of sp³-hybridized carbons (Fsp3) is 0.532. The van der Waals surface area contributed by atoms with Crippen LogP contribution in [0, 0.1) is 16.7 Å². The van der Waals surface area contributed by atoms with Crippen molar-refractivity contribution in [3.8, 4) is 0 Å². The van der Waals surface area contributed by atoms with Crippen molar-refractivity contribution in [1.29, 1.82) is 0 Å². The van der Waals surface area contributed by atoms with E-state index in [0.717, 1.165) is 51.4 Å². The van der Waals surface area contributed by atoms with Gasteiger partial charge < -0.3 is 50.0 Å². The highest BCUT2D eigenvalue weighted by Crippen LogP contribution is 2.63. The van der Waals surface area contributed by atoms with Gasteiger partial charge in [-0.15, -0.1) is 0 Å². The second-order valence-electron chi connectivity index (χ2n) is 22.1.